The fourth-order valence-corrected chi connectivity index (χ4v) is 2.97. The van der Waals surface area contributed by atoms with Crippen LogP contribution in [0.3, 0.4) is 0 Å². The summed E-state index contributed by atoms with van der Waals surface area (Å²) in [7, 11) is 0. The Morgan fingerprint density at radius 3 is 1.88 bits per heavy atom. The number of nitrogens with one attached hydrogen (secondary N) is 1. The minimum Gasteiger partial charge on any atom is -0.320 e. The summed E-state index contributed by atoms with van der Waals surface area (Å²) in [5.41, 5.74) is 1.96. The Bertz CT molecular complexity index is 993. The molecule has 0 spiro atoms. The Kier molecular flexibility index (Phi) is 3.82. The lowest BCUT2D eigenvalue weighted by molar-refractivity contribution is 0.0924. The number of hydrogen-bond donors (Lipinski definition) is 1. The number of carbonyl (C=O) groups excluding carboxylic acids is 3. The molecule has 5 nitrogen and oxygen atoms in total. The average molecular weight is 342 g/mol. The number of carbonyl (C=O) groups is 3. The molecule has 0 radical (unpaired) electrons. The van der Waals surface area contributed by atoms with Gasteiger partial charge in [-0.25, -0.2) is 4.90 Å². The van der Waals surface area contributed by atoms with Crippen molar-refractivity contribution in [2.24, 2.45) is 0 Å². The lowest BCUT2D eigenvalue weighted by Crippen LogP contribution is -2.30. The molecule has 0 fully saturated rings. The maximum atomic E-state index is 12.7. The number of para-hydroxylation sites is 2. The highest BCUT2D eigenvalue weighted by atomic mass is 16.2. The zero-order valence-corrected chi connectivity index (χ0v) is 13.7. The molecule has 0 bridgehead atoms. The van der Waals surface area contributed by atoms with Gasteiger partial charge in [-0.3, -0.25) is 14.4 Å². The summed E-state index contributed by atoms with van der Waals surface area (Å²) in [6.07, 6.45) is 0. The highest BCUT2D eigenvalue weighted by molar-refractivity contribution is 6.35. The Morgan fingerprint density at radius 2 is 1.23 bits per heavy atom. The van der Waals surface area contributed by atoms with E-state index in [-0.39, 0.29) is 5.91 Å². The normalized spacial score (nSPS) is 12.8. The van der Waals surface area contributed by atoms with E-state index in [1.165, 1.54) is 0 Å². The monoisotopic (exact) mass is 342 g/mol. The van der Waals surface area contributed by atoms with Crippen LogP contribution in [0.5, 0.6) is 0 Å². The molecule has 3 aromatic rings. The second-order valence-corrected chi connectivity index (χ2v) is 5.83. The van der Waals surface area contributed by atoms with Gasteiger partial charge in [-0.15, -0.1) is 0 Å². The van der Waals surface area contributed by atoms with Gasteiger partial charge in [-0.05, 0) is 36.4 Å². The van der Waals surface area contributed by atoms with Crippen LogP contribution < -0.4 is 10.2 Å². The van der Waals surface area contributed by atoms with Crippen molar-refractivity contribution >= 4 is 29.1 Å². The van der Waals surface area contributed by atoms with Gasteiger partial charge in [0.1, 0.15) is 0 Å². The Labute approximate surface area is 149 Å². The number of fused-ring (bicyclic) bond motifs is 1. The van der Waals surface area contributed by atoms with Crippen LogP contribution >= 0.6 is 0 Å². The summed E-state index contributed by atoms with van der Waals surface area (Å²) in [4.78, 5) is 39.0. The Hall–Kier alpha value is -3.73. The molecule has 0 unspecified atom stereocenters. The Morgan fingerprint density at radius 1 is 0.692 bits per heavy atom. The van der Waals surface area contributed by atoms with Crippen molar-refractivity contribution in [3.8, 4) is 0 Å². The minimum atomic E-state index is -0.396. The number of anilines is 2. The molecule has 0 aromatic heterocycles. The first-order valence-corrected chi connectivity index (χ1v) is 8.10. The minimum absolute atomic E-state index is 0.311. The van der Waals surface area contributed by atoms with Crippen molar-refractivity contribution in [1.29, 1.82) is 0 Å². The van der Waals surface area contributed by atoms with Crippen LogP contribution in [-0.4, -0.2) is 17.7 Å². The summed E-state index contributed by atoms with van der Waals surface area (Å²) < 4.78 is 0. The zero-order chi connectivity index (χ0) is 18.1. The van der Waals surface area contributed by atoms with Gasteiger partial charge < -0.3 is 5.32 Å². The molecule has 1 aliphatic rings. The van der Waals surface area contributed by atoms with Crippen LogP contribution in [0.25, 0.3) is 0 Å². The predicted molar refractivity (Wildman–Crippen MR) is 98.4 cm³/mol. The van der Waals surface area contributed by atoms with E-state index < -0.39 is 11.8 Å². The third kappa shape index (κ3) is 2.56. The third-order valence-electron chi connectivity index (χ3n) is 4.22. The SMILES string of the molecule is O=C(Nc1ccccc1N1C(=O)c2ccccc2C1=O)c1ccccc1. The lowest BCUT2D eigenvalue weighted by atomic mass is 10.1. The summed E-state index contributed by atoms with van der Waals surface area (Å²) in [5.74, 6) is -1.10. The molecule has 126 valence electrons. The highest BCUT2D eigenvalue weighted by Gasteiger charge is 2.37. The highest BCUT2D eigenvalue weighted by Crippen LogP contribution is 2.33. The van der Waals surface area contributed by atoms with Crippen LogP contribution in [0.4, 0.5) is 11.4 Å². The van der Waals surface area contributed by atoms with Gasteiger partial charge in [0.25, 0.3) is 17.7 Å². The van der Waals surface area contributed by atoms with E-state index in [0.29, 0.717) is 28.1 Å². The van der Waals surface area contributed by atoms with Crippen molar-refractivity contribution in [3.05, 3.63) is 95.6 Å². The summed E-state index contributed by atoms with van der Waals surface area (Å²) >= 11 is 0. The molecule has 1 N–H and O–H groups in total. The molecule has 0 atom stereocenters. The van der Waals surface area contributed by atoms with Gasteiger partial charge in [0, 0.05) is 5.56 Å². The third-order valence-corrected chi connectivity index (χ3v) is 4.22. The first-order chi connectivity index (χ1) is 12.7. The van der Waals surface area contributed by atoms with E-state index in [0.717, 1.165) is 4.90 Å². The maximum Gasteiger partial charge on any atom is 0.266 e. The van der Waals surface area contributed by atoms with E-state index in [1.54, 1.807) is 72.8 Å². The molecule has 26 heavy (non-hydrogen) atoms. The second kappa shape index (κ2) is 6.29. The molecule has 1 aliphatic heterocycles. The van der Waals surface area contributed by atoms with Gasteiger partial charge in [0.15, 0.2) is 0 Å². The quantitative estimate of drug-likeness (QED) is 0.737. The predicted octanol–water partition coefficient (Wildman–Crippen LogP) is 3.74. The first kappa shape index (κ1) is 15.8. The topological polar surface area (TPSA) is 66.5 Å². The number of imide groups is 1. The van der Waals surface area contributed by atoms with Crippen molar-refractivity contribution < 1.29 is 14.4 Å². The first-order valence-electron chi connectivity index (χ1n) is 8.10. The molecule has 4 rings (SSSR count). The molecule has 0 saturated carbocycles. The van der Waals surface area contributed by atoms with Gasteiger partial charge in [-0.1, -0.05) is 42.5 Å². The van der Waals surface area contributed by atoms with Crippen molar-refractivity contribution in [3.63, 3.8) is 0 Å². The smallest absolute Gasteiger partial charge is 0.266 e. The van der Waals surface area contributed by atoms with E-state index in [1.807, 2.05) is 6.07 Å². The molecule has 1 heterocycles. The number of hydrogen-bond acceptors (Lipinski definition) is 3. The van der Waals surface area contributed by atoms with E-state index in [4.69, 9.17) is 0 Å². The van der Waals surface area contributed by atoms with Crippen LogP contribution in [-0.2, 0) is 0 Å². The second-order valence-electron chi connectivity index (χ2n) is 5.83. The fourth-order valence-electron chi connectivity index (χ4n) is 2.97. The van der Waals surface area contributed by atoms with E-state index in [2.05, 4.69) is 5.32 Å². The van der Waals surface area contributed by atoms with E-state index >= 15 is 0 Å². The number of benzene rings is 3. The molecular weight excluding hydrogens is 328 g/mol. The van der Waals surface area contributed by atoms with Crippen LogP contribution in [0, 0.1) is 0 Å². The number of rotatable bonds is 3. The summed E-state index contributed by atoms with van der Waals surface area (Å²) in [5, 5.41) is 2.79. The van der Waals surface area contributed by atoms with Crippen LogP contribution in [0.15, 0.2) is 78.9 Å². The fraction of sp³-hybridized carbons (Fsp3) is 0. The molecule has 0 saturated heterocycles. The zero-order valence-electron chi connectivity index (χ0n) is 13.7. The van der Waals surface area contributed by atoms with Crippen molar-refractivity contribution in [1.82, 2.24) is 0 Å². The molecule has 3 amide bonds. The standard InChI is InChI=1S/C21H14N2O3/c24-19(14-8-2-1-3-9-14)22-17-12-6-7-13-18(17)23-20(25)15-10-4-5-11-16(15)21(23)26/h1-13H,(H,22,24). The summed E-state index contributed by atoms with van der Waals surface area (Å²) in [6, 6.07) is 22.2. The van der Waals surface area contributed by atoms with Crippen molar-refractivity contribution in [2.75, 3.05) is 10.2 Å². The van der Waals surface area contributed by atoms with Crippen LogP contribution in [0.2, 0.25) is 0 Å². The molecular formula is C21H14N2O3. The number of amides is 3. The van der Waals surface area contributed by atoms with Gasteiger partial charge in [0.05, 0.1) is 22.5 Å². The Balaban J connectivity index is 1.70. The molecule has 3 aromatic carbocycles. The molecule has 0 aliphatic carbocycles. The van der Waals surface area contributed by atoms with Gasteiger partial charge >= 0.3 is 0 Å². The van der Waals surface area contributed by atoms with Gasteiger partial charge in [0.2, 0.25) is 0 Å². The maximum absolute atomic E-state index is 12.7. The van der Waals surface area contributed by atoms with Crippen LogP contribution in [0.1, 0.15) is 31.1 Å². The van der Waals surface area contributed by atoms with Gasteiger partial charge in [-0.2, -0.15) is 0 Å². The lowest BCUT2D eigenvalue weighted by Gasteiger charge is -2.18. The largest absolute Gasteiger partial charge is 0.320 e. The average Bonchev–Trinajstić information content (AvgIpc) is 2.94. The van der Waals surface area contributed by atoms with Crippen molar-refractivity contribution in [2.45, 2.75) is 0 Å². The molecule has 5 heteroatoms. The van der Waals surface area contributed by atoms with E-state index in [9.17, 15) is 14.4 Å². The summed E-state index contributed by atoms with van der Waals surface area (Å²) in [6.45, 7) is 0. The number of nitrogens with zero attached hydrogens (tertiary/aromatic N) is 1.